The van der Waals surface area contributed by atoms with E-state index in [1.165, 1.54) is 6.33 Å². The summed E-state index contributed by atoms with van der Waals surface area (Å²) < 4.78 is 5.55. The summed E-state index contributed by atoms with van der Waals surface area (Å²) in [5.41, 5.74) is 0.950. The molecule has 0 aliphatic rings. The van der Waals surface area contributed by atoms with Gasteiger partial charge in [-0.25, -0.2) is 9.97 Å². The van der Waals surface area contributed by atoms with E-state index in [9.17, 15) is 0 Å². The Hall–Kier alpha value is -1.52. The van der Waals surface area contributed by atoms with Crippen molar-refractivity contribution in [1.29, 1.82) is 0 Å². The first-order valence-electron chi connectivity index (χ1n) is 6.66. The molecule has 1 aromatic heterocycles. The summed E-state index contributed by atoms with van der Waals surface area (Å²) in [6, 6.07) is 7.18. The first-order valence-corrected chi connectivity index (χ1v) is 7.41. The number of aromatic nitrogens is 2. The highest BCUT2D eigenvalue weighted by Gasteiger charge is 2.11. The molecule has 0 bridgehead atoms. The molecule has 0 radical (unpaired) electrons. The minimum Gasteiger partial charge on any atom is -0.475 e. The molecule has 2 rings (SSSR count). The molecule has 1 unspecified atom stereocenters. The Morgan fingerprint density at radius 3 is 2.52 bits per heavy atom. The summed E-state index contributed by atoms with van der Waals surface area (Å²) in [6.07, 6.45) is 1.53. The molecule has 1 aromatic carbocycles. The zero-order valence-corrected chi connectivity index (χ0v) is 13.6. The second kappa shape index (κ2) is 6.96. The van der Waals surface area contributed by atoms with Gasteiger partial charge in [0.15, 0.2) is 0 Å². The van der Waals surface area contributed by atoms with E-state index in [2.05, 4.69) is 15.3 Å². The van der Waals surface area contributed by atoms with Crippen LogP contribution in [-0.2, 0) is 0 Å². The average Bonchev–Trinajstić information content (AvgIpc) is 2.37. The molecule has 6 heteroatoms. The highest BCUT2D eigenvalue weighted by Crippen LogP contribution is 2.28. The maximum Gasteiger partial charge on any atom is 0.218 e. The summed E-state index contributed by atoms with van der Waals surface area (Å²) in [5.74, 6) is 1.22. The van der Waals surface area contributed by atoms with Crippen LogP contribution in [0.2, 0.25) is 10.0 Å². The van der Waals surface area contributed by atoms with E-state index < -0.39 is 0 Å². The predicted octanol–water partition coefficient (Wildman–Crippen LogP) is 4.74. The van der Waals surface area contributed by atoms with Crippen molar-refractivity contribution in [2.75, 3.05) is 5.32 Å². The standard InChI is InChI=1S/C15H17Cl2N3O/c1-9(2)21-15-7-14(18-8-19-15)20-10(3)12-5-4-11(16)6-13(12)17/h4-10H,1-3H3,(H,18,19,20). The molecule has 0 aliphatic heterocycles. The fourth-order valence-corrected chi connectivity index (χ4v) is 2.45. The van der Waals surface area contributed by atoms with Gasteiger partial charge in [-0.1, -0.05) is 29.3 Å². The first kappa shape index (κ1) is 15.9. The Morgan fingerprint density at radius 2 is 1.86 bits per heavy atom. The smallest absolute Gasteiger partial charge is 0.218 e. The summed E-state index contributed by atoms with van der Waals surface area (Å²) in [5, 5.41) is 4.51. The molecule has 1 heterocycles. The lowest BCUT2D eigenvalue weighted by atomic mass is 10.1. The summed E-state index contributed by atoms with van der Waals surface area (Å²) in [4.78, 5) is 8.26. The SMILES string of the molecule is CC(C)Oc1cc(NC(C)c2ccc(Cl)cc2Cl)ncn1. The lowest BCUT2D eigenvalue weighted by molar-refractivity contribution is 0.232. The predicted molar refractivity (Wildman–Crippen MR) is 86.3 cm³/mol. The number of benzene rings is 1. The molecule has 1 N–H and O–H groups in total. The van der Waals surface area contributed by atoms with E-state index >= 15 is 0 Å². The van der Waals surface area contributed by atoms with E-state index in [4.69, 9.17) is 27.9 Å². The van der Waals surface area contributed by atoms with E-state index in [1.54, 1.807) is 12.1 Å². The third kappa shape index (κ3) is 4.48. The van der Waals surface area contributed by atoms with Gasteiger partial charge in [0.1, 0.15) is 12.1 Å². The topological polar surface area (TPSA) is 47.0 Å². The second-order valence-corrected chi connectivity index (χ2v) is 5.78. The van der Waals surface area contributed by atoms with Gasteiger partial charge in [0, 0.05) is 16.1 Å². The van der Waals surface area contributed by atoms with Crippen LogP contribution in [0.1, 0.15) is 32.4 Å². The van der Waals surface area contributed by atoms with Crippen molar-refractivity contribution in [2.45, 2.75) is 32.9 Å². The van der Waals surface area contributed by atoms with Crippen LogP contribution >= 0.6 is 23.2 Å². The Labute approximate surface area is 134 Å². The molecule has 4 nitrogen and oxygen atoms in total. The van der Waals surface area contributed by atoms with E-state index in [-0.39, 0.29) is 12.1 Å². The van der Waals surface area contributed by atoms with Crippen LogP contribution < -0.4 is 10.1 Å². The molecule has 0 amide bonds. The van der Waals surface area contributed by atoms with Gasteiger partial charge >= 0.3 is 0 Å². The second-order valence-electron chi connectivity index (χ2n) is 4.94. The summed E-state index contributed by atoms with van der Waals surface area (Å²) in [6.45, 7) is 5.90. The van der Waals surface area contributed by atoms with Crippen molar-refractivity contribution in [3.63, 3.8) is 0 Å². The van der Waals surface area contributed by atoms with Crippen LogP contribution in [0, 0.1) is 0 Å². The number of nitrogens with one attached hydrogen (secondary N) is 1. The van der Waals surface area contributed by atoms with Gasteiger partial charge in [-0.15, -0.1) is 0 Å². The van der Waals surface area contributed by atoms with Crippen molar-refractivity contribution < 1.29 is 4.74 Å². The number of hydrogen-bond donors (Lipinski definition) is 1. The molecule has 0 spiro atoms. The fraction of sp³-hybridized carbons (Fsp3) is 0.333. The largest absolute Gasteiger partial charge is 0.475 e. The molecular formula is C15H17Cl2N3O. The summed E-state index contributed by atoms with van der Waals surface area (Å²) >= 11 is 12.1. The third-order valence-electron chi connectivity index (χ3n) is 2.79. The van der Waals surface area contributed by atoms with Crippen LogP contribution in [-0.4, -0.2) is 16.1 Å². The molecule has 0 saturated heterocycles. The number of ether oxygens (including phenoxy) is 1. The molecule has 21 heavy (non-hydrogen) atoms. The van der Waals surface area contributed by atoms with Crippen LogP contribution in [0.4, 0.5) is 5.82 Å². The summed E-state index contributed by atoms with van der Waals surface area (Å²) in [7, 11) is 0. The number of hydrogen-bond acceptors (Lipinski definition) is 4. The fourth-order valence-electron chi connectivity index (χ4n) is 1.88. The molecule has 0 saturated carbocycles. The Morgan fingerprint density at radius 1 is 1.10 bits per heavy atom. The van der Waals surface area contributed by atoms with Crippen LogP contribution in [0.25, 0.3) is 0 Å². The Balaban J connectivity index is 2.13. The number of nitrogens with zero attached hydrogens (tertiary/aromatic N) is 2. The highest BCUT2D eigenvalue weighted by atomic mass is 35.5. The maximum atomic E-state index is 6.21. The van der Waals surface area contributed by atoms with Crippen molar-refractivity contribution in [3.05, 3.63) is 46.2 Å². The molecule has 1 atom stereocenters. The van der Waals surface area contributed by atoms with Crippen molar-refractivity contribution in [2.24, 2.45) is 0 Å². The van der Waals surface area contributed by atoms with Gasteiger partial charge in [-0.2, -0.15) is 0 Å². The number of halogens is 2. The number of rotatable bonds is 5. The average molecular weight is 326 g/mol. The monoisotopic (exact) mass is 325 g/mol. The van der Waals surface area contributed by atoms with E-state index in [0.717, 1.165) is 5.56 Å². The van der Waals surface area contributed by atoms with Gasteiger partial charge in [0.05, 0.1) is 12.1 Å². The zero-order chi connectivity index (χ0) is 15.4. The zero-order valence-electron chi connectivity index (χ0n) is 12.1. The molecule has 2 aromatic rings. The minimum absolute atomic E-state index is 0.0171. The maximum absolute atomic E-state index is 6.21. The first-order chi connectivity index (χ1) is 9.95. The van der Waals surface area contributed by atoms with Gasteiger partial charge in [0.2, 0.25) is 5.88 Å². The van der Waals surface area contributed by atoms with Gasteiger partial charge in [0.25, 0.3) is 0 Å². The lowest BCUT2D eigenvalue weighted by Crippen LogP contribution is -2.10. The Bertz CT molecular complexity index is 620. The quantitative estimate of drug-likeness (QED) is 0.862. The van der Waals surface area contributed by atoms with Crippen molar-refractivity contribution in [1.82, 2.24) is 9.97 Å². The van der Waals surface area contributed by atoms with E-state index in [0.29, 0.717) is 21.7 Å². The molecule has 0 aliphatic carbocycles. The minimum atomic E-state index is -0.0171. The van der Waals surface area contributed by atoms with Crippen molar-refractivity contribution in [3.8, 4) is 5.88 Å². The van der Waals surface area contributed by atoms with Crippen LogP contribution in [0.15, 0.2) is 30.6 Å². The van der Waals surface area contributed by atoms with Gasteiger partial charge in [-0.3, -0.25) is 0 Å². The lowest BCUT2D eigenvalue weighted by Gasteiger charge is -2.17. The molecule has 112 valence electrons. The third-order valence-corrected chi connectivity index (χ3v) is 3.35. The van der Waals surface area contributed by atoms with Crippen LogP contribution in [0.5, 0.6) is 5.88 Å². The van der Waals surface area contributed by atoms with Crippen LogP contribution in [0.3, 0.4) is 0 Å². The normalized spacial score (nSPS) is 12.3. The van der Waals surface area contributed by atoms with Gasteiger partial charge < -0.3 is 10.1 Å². The van der Waals surface area contributed by atoms with Crippen molar-refractivity contribution >= 4 is 29.0 Å². The highest BCUT2D eigenvalue weighted by molar-refractivity contribution is 6.35. The van der Waals surface area contributed by atoms with E-state index in [1.807, 2.05) is 32.9 Å². The molecule has 0 fully saturated rings. The number of anilines is 1. The Kier molecular flexibility index (Phi) is 5.26. The van der Waals surface area contributed by atoms with Gasteiger partial charge in [-0.05, 0) is 38.5 Å². The molecular weight excluding hydrogens is 309 g/mol.